The zero-order chi connectivity index (χ0) is 22.2. The van der Waals surface area contributed by atoms with Crippen molar-refractivity contribution in [1.82, 2.24) is 5.43 Å². The van der Waals surface area contributed by atoms with E-state index in [9.17, 15) is 9.59 Å². The van der Waals surface area contributed by atoms with E-state index in [0.29, 0.717) is 6.61 Å². The average molecular weight is 418 g/mol. The van der Waals surface area contributed by atoms with Crippen molar-refractivity contribution in [2.45, 2.75) is 33.6 Å². The Bertz CT molecular complexity index is 1120. The van der Waals surface area contributed by atoms with Gasteiger partial charge in [0, 0.05) is 29.5 Å². The maximum Gasteiger partial charge on any atom is 0.240 e. The van der Waals surface area contributed by atoms with E-state index in [4.69, 9.17) is 4.74 Å². The molecule has 0 aliphatic heterocycles. The molecule has 3 rings (SSSR count). The van der Waals surface area contributed by atoms with Crippen molar-refractivity contribution >= 4 is 34.5 Å². The second kappa shape index (κ2) is 10.4. The molecular weight excluding hydrogens is 390 g/mol. The van der Waals surface area contributed by atoms with E-state index in [1.165, 1.54) is 0 Å². The van der Waals surface area contributed by atoms with Gasteiger partial charge in [0.05, 0.1) is 12.8 Å². The number of carbonyl (C=O) groups is 2. The van der Waals surface area contributed by atoms with Gasteiger partial charge in [0.2, 0.25) is 11.8 Å². The van der Waals surface area contributed by atoms with E-state index in [2.05, 4.69) is 15.8 Å². The normalized spacial score (nSPS) is 10.9. The SMILES string of the molecule is CCOc1ccc(C=NNC(=O)CCC(=O)Nc2cccc(C)c2C)c2ccccc12. The molecule has 3 aromatic rings. The Labute approximate surface area is 182 Å². The van der Waals surface area contributed by atoms with E-state index in [-0.39, 0.29) is 24.7 Å². The lowest BCUT2D eigenvalue weighted by atomic mass is 10.0. The average Bonchev–Trinajstić information content (AvgIpc) is 2.77. The Morgan fingerprint density at radius 1 is 0.935 bits per heavy atom. The summed E-state index contributed by atoms with van der Waals surface area (Å²) >= 11 is 0. The van der Waals surface area contributed by atoms with E-state index >= 15 is 0 Å². The molecule has 0 aromatic heterocycles. The summed E-state index contributed by atoms with van der Waals surface area (Å²) in [5, 5.41) is 8.89. The van der Waals surface area contributed by atoms with Crippen molar-refractivity contribution < 1.29 is 14.3 Å². The first-order valence-corrected chi connectivity index (χ1v) is 10.3. The minimum absolute atomic E-state index is 0.0536. The number of hydrazone groups is 1. The van der Waals surface area contributed by atoms with Gasteiger partial charge >= 0.3 is 0 Å². The van der Waals surface area contributed by atoms with Crippen LogP contribution >= 0.6 is 0 Å². The third kappa shape index (κ3) is 5.69. The number of benzene rings is 3. The standard InChI is InChI=1S/C25H27N3O3/c1-4-31-23-13-12-19(20-9-5-6-10-21(20)23)16-26-28-25(30)15-14-24(29)27-22-11-7-8-17(2)18(22)3/h5-13,16H,4,14-15H2,1-3H3,(H,27,29)(H,28,30). The van der Waals surface area contributed by atoms with Crippen LogP contribution in [0, 0.1) is 13.8 Å². The molecule has 0 heterocycles. The molecule has 3 aromatic carbocycles. The van der Waals surface area contributed by atoms with Gasteiger partial charge in [-0.2, -0.15) is 5.10 Å². The lowest BCUT2D eigenvalue weighted by molar-refractivity contribution is -0.124. The summed E-state index contributed by atoms with van der Waals surface area (Å²) in [6.07, 6.45) is 1.74. The number of rotatable bonds is 8. The first-order chi connectivity index (χ1) is 15.0. The molecule has 0 fully saturated rings. The summed E-state index contributed by atoms with van der Waals surface area (Å²) in [5.74, 6) is 0.294. The first-order valence-electron chi connectivity index (χ1n) is 10.3. The van der Waals surface area contributed by atoms with E-state index in [1.807, 2.05) is 75.4 Å². The highest BCUT2D eigenvalue weighted by Gasteiger charge is 2.09. The van der Waals surface area contributed by atoms with E-state index in [1.54, 1.807) is 6.21 Å². The zero-order valence-corrected chi connectivity index (χ0v) is 18.1. The van der Waals surface area contributed by atoms with Crippen LogP contribution in [0.5, 0.6) is 5.75 Å². The molecule has 0 saturated heterocycles. The number of hydrogen-bond acceptors (Lipinski definition) is 4. The van der Waals surface area contributed by atoms with Crippen molar-refractivity contribution in [3.8, 4) is 5.75 Å². The highest BCUT2D eigenvalue weighted by molar-refractivity contribution is 6.02. The molecule has 2 amide bonds. The van der Waals surface area contributed by atoms with Crippen LogP contribution in [0.2, 0.25) is 0 Å². The second-order valence-corrected chi connectivity index (χ2v) is 7.22. The van der Waals surface area contributed by atoms with Crippen LogP contribution in [-0.2, 0) is 9.59 Å². The zero-order valence-electron chi connectivity index (χ0n) is 18.1. The van der Waals surface area contributed by atoms with Gasteiger partial charge in [-0.15, -0.1) is 0 Å². The van der Waals surface area contributed by atoms with Crippen molar-refractivity contribution in [3.05, 3.63) is 71.3 Å². The van der Waals surface area contributed by atoms with Gasteiger partial charge in [0.1, 0.15) is 5.75 Å². The molecule has 0 radical (unpaired) electrons. The van der Waals surface area contributed by atoms with Crippen molar-refractivity contribution in [3.63, 3.8) is 0 Å². The van der Waals surface area contributed by atoms with Crippen LogP contribution in [0.4, 0.5) is 5.69 Å². The molecule has 0 aliphatic rings. The highest BCUT2D eigenvalue weighted by Crippen LogP contribution is 2.27. The topological polar surface area (TPSA) is 79.8 Å². The Morgan fingerprint density at radius 2 is 1.68 bits per heavy atom. The minimum atomic E-state index is -0.317. The molecule has 6 nitrogen and oxygen atoms in total. The van der Waals surface area contributed by atoms with E-state index in [0.717, 1.165) is 38.9 Å². The van der Waals surface area contributed by atoms with Crippen LogP contribution in [0.15, 0.2) is 59.7 Å². The fourth-order valence-electron chi connectivity index (χ4n) is 3.24. The molecule has 0 atom stereocenters. The molecule has 160 valence electrons. The van der Waals surface area contributed by atoms with Gasteiger partial charge in [-0.05, 0) is 55.5 Å². The second-order valence-electron chi connectivity index (χ2n) is 7.22. The van der Waals surface area contributed by atoms with E-state index < -0.39 is 0 Å². The number of hydrogen-bond donors (Lipinski definition) is 2. The monoisotopic (exact) mass is 417 g/mol. The van der Waals surface area contributed by atoms with Crippen molar-refractivity contribution in [2.75, 3.05) is 11.9 Å². The molecule has 2 N–H and O–H groups in total. The predicted octanol–water partition coefficient (Wildman–Crippen LogP) is 4.72. The summed E-state index contributed by atoms with van der Waals surface area (Å²) in [5.41, 5.74) is 6.26. The lowest BCUT2D eigenvalue weighted by Gasteiger charge is -2.10. The molecular formula is C25H27N3O3. The van der Waals surface area contributed by atoms with Crippen molar-refractivity contribution in [1.29, 1.82) is 0 Å². The smallest absolute Gasteiger partial charge is 0.240 e. The van der Waals surface area contributed by atoms with Crippen LogP contribution < -0.4 is 15.5 Å². The maximum atomic E-state index is 12.2. The van der Waals surface area contributed by atoms with Gasteiger partial charge in [-0.25, -0.2) is 5.43 Å². The number of aryl methyl sites for hydroxylation is 1. The molecule has 0 spiro atoms. The number of amides is 2. The quantitative estimate of drug-likeness (QED) is 0.411. The Morgan fingerprint density at radius 3 is 2.45 bits per heavy atom. The predicted molar refractivity (Wildman–Crippen MR) is 125 cm³/mol. The summed E-state index contributed by atoms with van der Waals surface area (Å²) in [4.78, 5) is 24.3. The number of anilines is 1. The third-order valence-corrected chi connectivity index (χ3v) is 5.07. The lowest BCUT2D eigenvalue weighted by Crippen LogP contribution is -2.21. The third-order valence-electron chi connectivity index (χ3n) is 5.07. The van der Waals surface area contributed by atoms with Gasteiger partial charge in [0.25, 0.3) is 0 Å². The fraction of sp³-hybridized carbons (Fsp3) is 0.240. The van der Waals surface area contributed by atoms with Gasteiger partial charge in [0.15, 0.2) is 0 Å². The Balaban J connectivity index is 1.55. The first kappa shape index (κ1) is 22.0. The van der Waals surface area contributed by atoms with Crippen molar-refractivity contribution in [2.24, 2.45) is 5.10 Å². The minimum Gasteiger partial charge on any atom is -0.493 e. The molecule has 6 heteroatoms. The van der Waals surface area contributed by atoms with Crippen LogP contribution in [0.1, 0.15) is 36.5 Å². The highest BCUT2D eigenvalue weighted by atomic mass is 16.5. The number of nitrogens with one attached hydrogen (secondary N) is 2. The van der Waals surface area contributed by atoms with Crippen LogP contribution in [0.25, 0.3) is 10.8 Å². The summed E-state index contributed by atoms with van der Waals surface area (Å²) in [6, 6.07) is 17.4. The number of ether oxygens (including phenoxy) is 1. The molecule has 0 saturated carbocycles. The molecule has 31 heavy (non-hydrogen) atoms. The summed E-state index contributed by atoms with van der Waals surface area (Å²) in [6.45, 7) is 6.48. The Hall–Kier alpha value is -3.67. The van der Waals surface area contributed by atoms with Gasteiger partial charge < -0.3 is 10.1 Å². The molecule has 0 unspecified atom stereocenters. The largest absolute Gasteiger partial charge is 0.493 e. The van der Waals surface area contributed by atoms with Crippen LogP contribution in [0.3, 0.4) is 0 Å². The molecule has 0 aliphatic carbocycles. The Kier molecular flexibility index (Phi) is 7.38. The summed E-state index contributed by atoms with van der Waals surface area (Å²) in [7, 11) is 0. The van der Waals surface area contributed by atoms with Gasteiger partial charge in [-0.3, -0.25) is 9.59 Å². The summed E-state index contributed by atoms with van der Waals surface area (Å²) < 4.78 is 5.68. The fourth-order valence-corrected chi connectivity index (χ4v) is 3.24. The number of nitrogens with zero attached hydrogens (tertiary/aromatic N) is 1. The maximum absolute atomic E-state index is 12.2. The van der Waals surface area contributed by atoms with Gasteiger partial charge in [-0.1, -0.05) is 36.4 Å². The number of carbonyl (C=O) groups excluding carboxylic acids is 2. The van der Waals surface area contributed by atoms with Crippen LogP contribution in [-0.4, -0.2) is 24.6 Å². The number of fused-ring (bicyclic) bond motifs is 1. The molecule has 0 bridgehead atoms.